The fraction of sp³-hybridized carbons (Fsp3) is 0.778. The summed E-state index contributed by atoms with van der Waals surface area (Å²) in [6.45, 7) is 4.70. The molecule has 1 amide bonds. The van der Waals surface area contributed by atoms with Crippen molar-refractivity contribution in [1.29, 1.82) is 0 Å². The number of hydroxylamine groups is 1. The fourth-order valence-electron chi connectivity index (χ4n) is 1.30. The van der Waals surface area contributed by atoms with Crippen LogP contribution in [0, 0.1) is 7.43 Å². The van der Waals surface area contributed by atoms with E-state index < -0.39 is 25.7 Å². The molecule has 1 unspecified atom stereocenters. The normalized spacial score (nSPS) is 19.5. The van der Waals surface area contributed by atoms with Gasteiger partial charge in [0.05, 0.1) is 0 Å². The number of hydrogen-bond donors (Lipinski definition) is 2. The predicted octanol–water partition coefficient (Wildman–Crippen LogP) is -2.29. The second kappa shape index (κ2) is 13.2. The van der Waals surface area contributed by atoms with Crippen LogP contribution < -0.4 is 63.7 Å². The van der Waals surface area contributed by atoms with Crippen LogP contribution in [0.1, 0.15) is 13.8 Å². The molecule has 5 nitrogen and oxygen atoms in total. The Morgan fingerprint density at radius 1 is 1.50 bits per heavy atom. The molecule has 0 aromatic heterocycles. The number of nitrogens with one attached hydrogen (secondary N) is 1. The number of carbonyl (C=O) groups is 1. The van der Waals surface area contributed by atoms with Crippen molar-refractivity contribution in [2.45, 2.75) is 28.8 Å². The Hall–Kier alpha value is 1.79. The molecule has 1 saturated heterocycles. The predicted molar refractivity (Wildman–Crippen MR) is 60.2 cm³/mol. The van der Waals surface area contributed by atoms with Crippen LogP contribution in [0.5, 0.6) is 0 Å². The van der Waals surface area contributed by atoms with E-state index in [0.717, 1.165) is 4.44 Å². The van der Waals surface area contributed by atoms with Gasteiger partial charge >= 0.3 is 136 Å². The van der Waals surface area contributed by atoms with Crippen molar-refractivity contribution in [3.63, 3.8) is 0 Å². The Morgan fingerprint density at radius 2 is 2.00 bits per heavy atom. The molecule has 0 aromatic carbocycles. The minimum absolute atomic E-state index is 0. The van der Waals surface area contributed by atoms with Gasteiger partial charge in [0, 0.05) is 0 Å². The van der Waals surface area contributed by atoms with E-state index >= 15 is 0 Å². The summed E-state index contributed by atoms with van der Waals surface area (Å²) in [7, 11) is 1.80. The molecular formula is C9H21N2O3RbSn. The Morgan fingerprint density at radius 3 is 2.44 bits per heavy atom. The second-order valence-corrected chi connectivity index (χ2v) is 8.63. The van der Waals surface area contributed by atoms with E-state index in [1.54, 1.807) is 12.5 Å². The molecule has 0 aliphatic carbocycles. The SMILES string of the molecule is CC.CN1C[CH2][Sn](=[O])[CH2]C1C(=O)NO.[CH3-].[Rb+]. The van der Waals surface area contributed by atoms with Crippen molar-refractivity contribution < 1.29 is 71.3 Å². The summed E-state index contributed by atoms with van der Waals surface area (Å²) in [5.41, 5.74) is 1.60. The first kappa shape index (κ1) is 22.9. The van der Waals surface area contributed by atoms with Crippen LogP contribution in [-0.4, -0.2) is 55.4 Å². The van der Waals surface area contributed by atoms with E-state index in [1.807, 2.05) is 18.7 Å². The fourth-order valence-corrected chi connectivity index (χ4v) is 6.25. The number of hydrogen-bond acceptors (Lipinski definition) is 4. The van der Waals surface area contributed by atoms with Gasteiger partial charge in [0.1, 0.15) is 0 Å². The zero-order valence-corrected chi connectivity index (χ0v) is 18.7. The summed E-state index contributed by atoms with van der Waals surface area (Å²) in [5.74, 6) is -0.439. The third-order valence-corrected chi connectivity index (χ3v) is 6.74. The Kier molecular flexibility index (Phi) is 19.0. The van der Waals surface area contributed by atoms with Gasteiger partial charge in [-0.25, -0.2) is 0 Å². The monoisotopic (exact) mass is 410 g/mol. The largest absolute Gasteiger partial charge is 1.00 e. The second-order valence-electron chi connectivity index (χ2n) is 2.97. The summed E-state index contributed by atoms with van der Waals surface area (Å²) in [4.78, 5) is 12.8. The number of likely N-dealkylation sites (N-methyl/N-ethyl adjacent to an activating group) is 1. The van der Waals surface area contributed by atoms with Crippen LogP contribution in [0.3, 0.4) is 0 Å². The van der Waals surface area contributed by atoms with Gasteiger partial charge in [0.25, 0.3) is 0 Å². The number of nitrogens with zero attached hydrogens (tertiary/aromatic N) is 1. The first-order valence-corrected chi connectivity index (χ1v) is 10.0. The molecule has 1 fully saturated rings. The van der Waals surface area contributed by atoms with Crippen LogP contribution in [0.4, 0.5) is 0 Å². The van der Waals surface area contributed by atoms with Gasteiger partial charge in [0.2, 0.25) is 0 Å². The van der Waals surface area contributed by atoms with Gasteiger partial charge in [0.15, 0.2) is 0 Å². The third kappa shape index (κ3) is 7.99. The maximum absolute atomic E-state index is 11.2. The minimum atomic E-state index is -2.44. The summed E-state index contributed by atoms with van der Waals surface area (Å²) in [5, 5.41) is 8.38. The topological polar surface area (TPSA) is 69.6 Å². The summed E-state index contributed by atoms with van der Waals surface area (Å²) >= 11 is -2.44. The average Bonchev–Trinajstić information content (AvgIpc) is 2.23. The Bertz CT molecular complexity index is 217. The van der Waals surface area contributed by atoms with E-state index in [1.165, 1.54) is 0 Å². The molecule has 1 rings (SSSR count). The molecule has 0 aromatic rings. The third-order valence-electron chi connectivity index (χ3n) is 2.11. The van der Waals surface area contributed by atoms with E-state index in [-0.39, 0.29) is 71.7 Å². The van der Waals surface area contributed by atoms with E-state index in [4.69, 9.17) is 5.21 Å². The zero-order chi connectivity index (χ0) is 11.1. The van der Waals surface area contributed by atoms with Crippen LogP contribution in [0.2, 0.25) is 8.87 Å². The number of rotatable bonds is 1. The first-order chi connectivity index (χ1) is 6.65. The standard InChI is InChI=1S/C6H12N2O2.C2H6.CH3.O.Rb.Sn/c1-4-8(3)5(2)6(9)7-10;1-2;;;;/h5,10H,1-2,4H2,3H3,(H,7,9);1-2H3;1H3;;;/q;;-1;;+1;. The maximum atomic E-state index is 11.2. The zero-order valence-electron chi connectivity index (χ0n) is 10.9. The molecule has 90 valence electrons. The van der Waals surface area contributed by atoms with Crippen LogP contribution in [0.15, 0.2) is 0 Å². The molecule has 0 saturated carbocycles. The van der Waals surface area contributed by atoms with E-state index in [9.17, 15) is 7.87 Å². The molecular weight excluding hydrogens is 388 g/mol. The van der Waals surface area contributed by atoms with Crippen molar-refractivity contribution >= 4 is 25.7 Å². The maximum Gasteiger partial charge on any atom is 1.00 e. The molecule has 1 atom stereocenters. The van der Waals surface area contributed by atoms with Crippen molar-refractivity contribution in [2.24, 2.45) is 0 Å². The Balaban J connectivity index is -0.000000399. The molecule has 0 spiro atoms. The quantitative estimate of drug-likeness (QED) is 0.221. The molecule has 0 radical (unpaired) electrons. The minimum Gasteiger partial charge on any atom is -0.358 e. The summed E-state index contributed by atoms with van der Waals surface area (Å²) < 4.78 is 12.5. The molecule has 7 heteroatoms. The Labute approximate surface area is 154 Å². The van der Waals surface area contributed by atoms with Gasteiger partial charge in [-0.3, -0.25) is 0 Å². The van der Waals surface area contributed by atoms with Crippen LogP contribution >= 0.6 is 0 Å². The molecule has 1 aliphatic heterocycles. The average molecular weight is 409 g/mol. The molecule has 16 heavy (non-hydrogen) atoms. The smallest absolute Gasteiger partial charge is 0.358 e. The van der Waals surface area contributed by atoms with Crippen LogP contribution in [-0.2, 0) is 7.87 Å². The molecule has 2 N–H and O–H groups in total. The first-order valence-electron chi connectivity index (χ1n) is 4.81. The van der Waals surface area contributed by atoms with Crippen molar-refractivity contribution in [2.75, 3.05) is 13.6 Å². The molecule has 0 bridgehead atoms. The van der Waals surface area contributed by atoms with Gasteiger partial charge in [-0.2, -0.15) is 0 Å². The van der Waals surface area contributed by atoms with Gasteiger partial charge in [-0.1, -0.05) is 13.8 Å². The summed E-state index contributed by atoms with van der Waals surface area (Å²) in [6.07, 6.45) is 0. The van der Waals surface area contributed by atoms with Crippen molar-refractivity contribution in [3.05, 3.63) is 7.43 Å². The molecule has 1 aliphatic rings. The van der Waals surface area contributed by atoms with E-state index in [2.05, 4.69) is 0 Å². The summed E-state index contributed by atoms with van der Waals surface area (Å²) in [6, 6.07) is -0.379. The van der Waals surface area contributed by atoms with Crippen molar-refractivity contribution in [1.82, 2.24) is 10.4 Å². The number of carbonyl (C=O) groups excluding carboxylic acids is 1. The molecule has 1 heterocycles. The van der Waals surface area contributed by atoms with Crippen molar-refractivity contribution in [3.8, 4) is 0 Å². The van der Waals surface area contributed by atoms with Gasteiger partial charge in [-0.15, -0.1) is 0 Å². The van der Waals surface area contributed by atoms with E-state index in [0.29, 0.717) is 11.0 Å². The van der Waals surface area contributed by atoms with Crippen LogP contribution in [0.25, 0.3) is 0 Å². The van der Waals surface area contributed by atoms with Gasteiger partial charge in [-0.05, 0) is 0 Å². The number of amides is 1. The van der Waals surface area contributed by atoms with Gasteiger partial charge < -0.3 is 7.43 Å².